The molecule has 1 N–H and O–H groups in total. The number of sulfonamides is 1. The fraction of sp³-hybridized carbons (Fsp3) is 0.125. The molecule has 3 aromatic rings. The van der Waals surface area contributed by atoms with Crippen LogP contribution >= 0.6 is 0 Å². The van der Waals surface area contributed by atoms with E-state index in [1.165, 1.54) is 22.5 Å². The normalized spacial score (nSPS) is 13.3. The highest BCUT2D eigenvalue weighted by molar-refractivity contribution is 7.92. The van der Waals surface area contributed by atoms with E-state index in [1.54, 1.807) is 25.3 Å². The summed E-state index contributed by atoms with van der Waals surface area (Å²) in [7, 11) is -2.06. The van der Waals surface area contributed by atoms with E-state index in [0.29, 0.717) is 18.7 Å². The largest absolute Gasteiger partial charge is 0.497 e. The van der Waals surface area contributed by atoms with E-state index < -0.39 is 10.0 Å². The van der Waals surface area contributed by atoms with Crippen molar-refractivity contribution in [3.8, 4) is 5.75 Å². The summed E-state index contributed by atoms with van der Waals surface area (Å²) >= 11 is 0. The lowest BCUT2D eigenvalue weighted by Crippen LogP contribution is -2.29. The summed E-state index contributed by atoms with van der Waals surface area (Å²) in [6, 6.07) is 21.1. The van der Waals surface area contributed by atoms with Crippen LogP contribution in [0.4, 0.5) is 11.4 Å². The first-order chi connectivity index (χ1) is 15.0. The second-order valence-electron chi connectivity index (χ2n) is 7.08. The number of nitrogens with zero attached hydrogens (tertiary/aromatic N) is 1. The molecule has 7 heteroatoms. The summed E-state index contributed by atoms with van der Waals surface area (Å²) in [5, 5.41) is 2.74. The lowest BCUT2D eigenvalue weighted by molar-refractivity contribution is -0.111. The fourth-order valence-electron chi connectivity index (χ4n) is 3.47. The molecule has 1 aliphatic rings. The molecule has 1 amide bonds. The Morgan fingerprint density at radius 1 is 1.00 bits per heavy atom. The zero-order chi connectivity index (χ0) is 21.8. The molecule has 0 radical (unpaired) electrons. The fourth-order valence-corrected chi connectivity index (χ4v) is 4.97. The summed E-state index contributed by atoms with van der Waals surface area (Å²) < 4.78 is 32.7. The molecule has 0 fully saturated rings. The molecule has 0 spiro atoms. The zero-order valence-corrected chi connectivity index (χ0v) is 17.8. The predicted molar refractivity (Wildman–Crippen MR) is 122 cm³/mol. The number of ether oxygens (including phenoxy) is 1. The third-order valence-electron chi connectivity index (χ3n) is 5.10. The molecule has 1 heterocycles. The van der Waals surface area contributed by atoms with Gasteiger partial charge in [-0.15, -0.1) is 0 Å². The van der Waals surface area contributed by atoms with Crippen LogP contribution in [0.2, 0.25) is 0 Å². The summed E-state index contributed by atoms with van der Waals surface area (Å²) in [5.74, 6) is 0.439. The zero-order valence-electron chi connectivity index (χ0n) is 17.0. The number of rotatable bonds is 6. The molecular formula is C24H22N2O4S. The maximum Gasteiger partial charge on any atom is 0.264 e. The topological polar surface area (TPSA) is 75.7 Å². The van der Waals surface area contributed by atoms with Gasteiger partial charge in [-0.05, 0) is 66.1 Å². The molecule has 0 unspecified atom stereocenters. The average Bonchev–Trinajstić information content (AvgIpc) is 3.23. The van der Waals surface area contributed by atoms with Crippen LogP contribution in [0.3, 0.4) is 0 Å². The van der Waals surface area contributed by atoms with Crippen molar-refractivity contribution < 1.29 is 17.9 Å². The van der Waals surface area contributed by atoms with E-state index in [2.05, 4.69) is 5.32 Å². The number of methoxy groups -OCH3 is 1. The smallest absolute Gasteiger partial charge is 0.264 e. The van der Waals surface area contributed by atoms with Gasteiger partial charge in [-0.3, -0.25) is 9.10 Å². The monoisotopic (exact) mass is 434 g/mol. The van der Waals surface area contributed by atoms with E-state index in [1.807, 2.05) is 48.5 Å². The number of anilines is 2. The summed E-state index contributed by atoms with van der Waals surface area (Å²) in [6.07, 6.45) is 3.82. The number of carbonyl (C=O) groups excluding carboxylic acids is 1. The molecule has 4 rings (SSSR count). The van der Waals surface area contributed by atoms with Crippen molar-refractivity contribution in [1.82, 2.24) is 0 Å². The molecular weight excluding hydrogens is 412 g/mol. The van der Waals surface area contributed by atoms with Gasteiger partial charge in [-0.2, -0.15) is 0 Å². The van der Waals surface area contributed by atoms with Crippen LogP contribution in [0.25, 0.3) is 6.08 Å². The van der Waals surface area contributed by atoms with E-state index >= 15 is 0 Å². The molecule has 0 aliphatic carbocycles. The van der Waals surface area contributed by atoms with Gasteiger partial charge in [0.05, 0.1) is 17.7 Å². The van der Waals surface area contributed by atoms with E-state index in [9.17, 15) is 13.2 Å². The second kappa shape index (κ2) is 8.65. The molecule has 1 aliphatic heterocycles. The van der Waals surface area contributed by atoms with Gasteiger partial charge in [-0.25, -0.2) is 8.42 Å². The van der Waals surface area contributed by atoms with Gasteiger partial charge >= 0.3 is 0 Å². The van der Waals surface area contributed by atoms with E-state index in [0.717, 1.165) is 22.6 Å². The quantitative estimate of drug-likeness (QED) is 0.593. The maximum absolute atomic E-state index is 13.1. The third kappa shape index (κ3) is 4.46. The SMILES string of the molecule is COc1ccc(C=CC(=O)Nc2ccc(S(=O)(=O)N3CCc4ccccc43)cc2)cc1. The van der Waals surface area contributed by atoms with Crippen molar-refractivity contribution in [3.63, 3.8) is 0 Å². The first kappa shape index (κ1) is 20.7. The van der Waals surface area contributed by atoms with Gasteiger partial charge in [0.1, 0.15) is 5.75 Å². The molecule has 0 saturated carbocycles. The maximum atomic E-state index is 13.1. The Kier molecular flexibility index (Phi) is 5.77. The molecule has 31 heavy (non-hydrogen) atoms. The van der Waals surface area contributed by atoms with Crippen LogP contribution in [-0.2, 0) is 21.2 Å². The number of nitrogens with one attached hydrogen (secondary N) is 1. The molecule has 0 aromatic heterocycles. The third-order valence-corrected chi connectivity index (χ3v) is 6.92. The van der Waals surface area contributed by atoms with Crippen molar-refractivity contribution in [3.05, 3.63) is 90.0 Å². The summed E-state index contributed by atoms with van der Waals surface area (Å²) in [6.45, 7) is 0.427. The van der Waals surface area contributed by atoms with E-state index in [4.69, 9.17) is 4.74 Å². The number of fused-ring (bicyclic) bond motifs is 1. The Morgan fingerprint density at radius 3 is 2.42 bits per heavy atom. The highest BCUT2D eigenvalue weighted by Gasteiger charge is 2.30. The summed E-state index contributed by atoms with van der Waals surface area (Å²) in [5.41, 5.74) is 3.13. The molecule has 0 atom stereocenters. The minimum Gasteiger partial charge on any atom is -0.497 e. The highest BCUT2D eigenvalue weighted by atomic mass is 32.2. The number of hydrogen-bond donors (Lipinski definition) is 1. The molecule has 0 bridgehead atoms. The molecule has 0 saturated heterocycles. The number of para-hydroxylation sites is 1. The number of carbonyl (C=O) groups is 1. The Balaban J connectivity index is 1.43. The number of hydrogen-bond acceptors (Lipinski definition) is 4. The van der Waals surface area contributed by atoms with Gasteiger partial charge in [0, 0.05) is 18.3 Å². The molecule has 3 aromatic carbocycles. The van der Waals surface area contributed by atoms with Gasteiger partial charge in [0.25, 0.3) is 10.0 Å². The van der Waals surface area contributed by atoms with Crippen LogP contribution in [0, 0.1) is 0 Å². The minimum atomic E-state index is -3.65. The van der Waals surface area contributed by atoms with Gasteiger partial charge in [0.15, 0.2) is 0 Å². The predicted octanol–water partition coefficient (Wildman–Crippen LogP) is 4.10. The Morgan fingerprint density at radius 2 is 1.71 bits per heavy atom. The standard InChI is InChI=1S/C24H22N2O4S/c1-30-21-11-6-18(7-12-21)8-15-24(27)25-20-9-13-22(14-10-20)31(28,29)26-17-16-19-4-2-3-5-23(19)26/h2-15H,16-17H2,1H3,(H,25,27). The Labute approximate surface area is 181 Å². The van der Waals surface area contributed by atoms with Crippen LogP contribution in [0.1, 0.15) is 11.1 Å². The van der Waals surface area contributed by atoms with Crippen molar-refractivity contribution in [2.24, 2.45) is 0 Å². The highest BCUT2D eigenvalue weighted by Crippen LogP contribution is 2.32. The first-order valence-corrected chi connectivity index (χ1v) is 11.3. The first-order valence-electron chi connectivity index (χ1n) is 9.81. The van der Waals surface area contributed by atoms with Gasteiger partial charge in [-0.1, -0.05) is 30.3 Å². The molecule has 6 nitrogen and oxygen atoms in total. The van der Waals surface area contributed by atoms with Crippen molar-refractivity contribution in [2.75, 3.05) is 23.3 Å². The number of amides is 1. The van der Waals surface area contributed by atoms with Crippen molar-refractivity contribution in [2.45, 2.75) is 11.3 Å². The number of benzene rings is 3. The Bertz CT molecular complexity index is 1220. The minimum absolute atomic E-state index is 0.191. The van der Waals surface area contributed by atoms with Crippen LogP contribution in [0.15, 0.2) is 83.8 Å². The van der Waals surface area contributed by atoms with Crippen LogP contribution in [-0.4, -0.2) is 28.0 Å². The lowest BCUT2D eigenvalue weighted by Gasteiger charge is -2.19. The van der Waals surface area contributed by atoms with Crippen LogP contribution < -0.4 is 14.4 Å². The Hall–Kier alpha value is -3.58. The van der Waals surface area contributed by atoms with Crippen molar-refractivity contribution in [1.29, 1.82) is 0 Å². The second-order valence-corrected chi connectivity index (χ2v) is 8.94. The average molecular weight is 435 g/mol. The van der Waals surface area contributed by atoms with Crippen LogP contribution in [0.5, 0.6) is 5.75 Å². The summed E-state index contributed by atoms with van der Waals surface area (Å²) in [4.78, 5) is 12.4. The van der Waals surface area contributed by atoms with E-state index in [-0.39, 0.29) is 10.8 Å². The lowest BCUT2D eigenvalue weighted by atomic mass is 10.2. The molecule has 158 valence electrons. The van der Waals surface area contributed by atoms with Gasteiger partial charge in [0.2, 0.25) is 5.91 Å². The van der Waals surface area contributed by atoms with Gasteiger partial charge < -0.3 is 10.1 Å². The van der Waals surface area contributed by atoms with Crippen molar-refractivity contribution >= 4 is 33.4 Å².